The zero-order valence-corrected chi connectivity index (χ0v) is 39.2. The van der Waals surface area contributed by atoms with Gasteiger partial charge in [-0.15, -0.1) is 0 Å². The summed E-state index contributed by atoms with van der Waals surface area (Å²) in [6, 6.07) is 34.7. The molecule has 12 bridgehead atoms. The van der Waals surface area contributed by atoms with Crippen molar-refractivity contribution in [3.05, 3.63) is 164 Å². The van der Waals surface area contributed by atoms with Gasteiger partial charge in [0.05, 0.1) is 82.3 Å². The molecule has 5 aliphatic rings. The zero-order chi connectivity index (χ0) is 46.2. The minimum Gasteiger partial charge on any atom is -0.465 e. The maximum atomic E-state index is 12.9. The van der Waals surface area contributed by atoms with Gasteiger partial charge in [-0.05, 0) is 135 Å². The van der Waals surface area contributed by atoms with Crippen molar-refractivity contribution in [1.29, 1.82) is 0 Å². The van der Waals surface area contributed by atoms with Crippen LogP contribution in [-0.2, 0) is 22.6 Å². The zero-order valence-electron chi connectivity index (χ0n) is 39.2. The molecule has 0 saturated heterocycles. The van der Waals surface area contributed by atoms with Crippen molar-refractivity contribution in [2.45, 2.75) is 73.1 Å². The number of hydrogen-bond acceptors (Lipinski definition) is 4. The molecule has 330 valence electrons. The van der Waals surface area contributed by atoms with E-state index in [1.165, 1.54) is 92.3 Å². The van der Waals surface area contributed by atoms with Gasteiger partial charge in [-0.25, -0.2) is 9.59 Å². The number of aryl methyl sites for hydroxylation is 6. The Bertz CT molecular complexity index is 3520. The first-order valence-corrected chi connectivity index (χ1v) is 23.3. The lowest BCUT2D eigenvalue weighted by Crippen LogP contribution is -2.49. The highest BCUT2D eigenvalue weighted by Gasteiger charge is 2.44. The van der Waals surface area contributed by atoms with Crippen LogP contribution in [0, 0.1) is 41.5 Å². The monoisotopic (exact) mass is 880 g/mol. The van der Waals surface area contributed by atoms with E-state index in [9.17, 15) is 9.59 Å². The molecule has 0 N–H and O–H groups in total. The minimum atomic E-state index is -0.354. The molecule has 67 heavy (non-hydrogen) atoms. The largest absolute Gasteiger partial charge is 0.465 e. The van der Waals surface area contributed by atoms with Crippen molar-refractivity contribution in [2.24, 2.45) is 0 Å². The van der Waals surface area contributed by atoms with Gasteiger partial charge in [-0.1, -0.05) is 59.7 Å². The lowest BCUT2D eigenvalue weighted by atomic mass is 9.92. The van der Waals surface area contributed by atoms with E-state index in [0.717, 1.165) is 64.2 Å². The number of rotatable bonds is 6. The second kappa shape index (κ2) is 15.0. The minimum absolute atomic E-state index is 0.0408. The highest BCUT2D eigenvalue weighted by atomic mass is 16.5. The van der Waals surface area contributed by atoms with E-state index in [2.05, 4.69) is 157 Å². The number of carbonyl (C=O) groups excluding carboxylic acids is 2. The number of esters is 2. The second-order valence-corrected chi connectivity index (χ2v) is 19.1. The van der Waals surface area contributed by atoms with Gasteiger partial charge in [-0.3, -0.25) is 0 Å². The molecule has 8 nitrogen and oxygen atoms in total. The van der Waals surface area contributed by atoms with Crippen LogP contribution >= 0.6 is 0 Å². The molecular weight excluding hydrogens is 829 g/mol. The average molecular weight is 881 g/mol. The van der Waals surface area contributed by atoms with E-state index in [-0.39, 0.29) is 24.0 Å². The third kappa shape index (κ3) is 5.97. The van der Waals surface area contributed by atoms with Crippen LogP contribution in [0.15, 0.2) is 97.1 Å². The molecule has 3 aromatic heterocycles. The maximum Gasteiger partial charge on any atom is 0.337 e. The first kappa shape index (κ1) is 40.9. The van der Waals surface area contributed by atoms with Crippen molar-refractivity contribution in [1.82, 2.24) is 9.13 Å². The van der Waals surface area contributed by atoms with E-state index in [0.29, 0.717) is 11.1 Å². The molecular formula is C59H52N4O4+2. The molecule has 0 saturated carbocycles. The predicted octanol–water partition coefficient (Wildman–Crippen LogP) is 12.0. The molecule has 4 aromatic carbocycles. The Labute approximate surface area is 390 Å². The van der Waals surface area contributed by atoms with Gasteiger partial charge < -0.3 is 18.6 Å². The Hall–Kier alpha value is -7.58. The molecule has 0 amide bonds. The number of hydrogen-bond donors (Lipinski definition) is 0. The predicted molar refractivity (Wildman–Crippen MR) is 266 cm³/mol. The Balaban J connectivity index is 1.34. The molecule has 2 unspecified atom stereocenters. The summed E-state index contributed by atoms with van der Waals surface area (Å²) in [5, 5.41) is 0. The molecule has 0 fully saturated rings. The van der Waals surface area contributed by atoms with Gasteiger partial charge in [0.15, 0.2) is 12.6 Å². The molecule has 5 aliphatic heterocycles. The van der Waals surface area contributed by atoms with Crippen LogP contribution in [0.1, 0.15) is 95.4 Å². The first-order valence-electron chi connectivity index (χ1n) is 23.3. The number of ether oxygens (including phenoxy) is 2. The Morgan fingerprint density at radius 3 is 1.42 bits per heavy atom. The molecule has 2 atom stereocenters. The topological polar surface area (TPSA) is 70.2 Å². The van der Waals surface area contributed by atoms with Crippen LogP contribution in [0.5, 0.6) is 0 Å². The van der Waals surface area contributed by atoms with Crippen LogP contribution < -0.4 is 9.13 Å². The summed E-state index contributed by atoms with van der Waals surface area (Å²) >= 11 is 0. The fourth-order valence-corrected chi connectivity index (χ4v) is 12.5. The quantitative estimate of drug-likeness (QED) is 0.123. The molecule has 0 aliphatic carbocycles. The normalized spacial score (nSPS) is 15.9. The Kier molecular flexibility index (Phi) is 9.14. The van der Waals surface area contributed by atoms with Gasteiger partial charge in [0, 0.05) is 30.7 Å². The van der Waals surface area contributed by atoms with Crippen LogP contribution in [0.4, 0.5) is 0 Å². The number of carbonyl (C=O) groups is 2. The van der Waals surface area contributed by atoms with Crippen molar-refractivity contribution in [3.8, 4) is 44.5 Å². The summed E-state index contributed by atoms with van der Waals surface area (Å²) in [7, 11) is 2.86. The van der Waals surface area contributed by atoms with Crippen molar-refractivity contribution in [2.75, 3.05) is 14.2 Å². The van der Waals surface area contributed by atoms with Crippen LogP contribution in [0.3, 0.4) is 0 Å². The van der Waals surface area contributed by atoms with E-state index in [1.807, 2.05) is 24.3 Å². The molecule has 0 spiro atoms. The lowest BCUT2D eigenvalue weighted by Gasteiger charge is -2.26. The Morgan fingerprint density at radius 2 is 0.910 bits per heavy atom. The lowest BCUT2D eigenvalue weighted by molar-refractivity contribution is -0.730. The maximum absolute atomic E-state index is 12.9. The number of nitrogens with zero attached hydrogens (tertiary/aromatic N) is 4. The highest BCUT2D eigenvalue weighted by Crippen LogP contribution is 2.48. The molecule has 8 heteroatoms. The van der Waals surface area contributed by atoms with E-state index >= 15 is 0 Å². The summed E-state index contributed by atoms with van der Waals surface area (Å²) in [6.07, 6.45) is 10.3. The van der Waals surface area contributed by atoms with Gasteiger partial charge in [0.25, 0.3) is 0 Å². The van der Waals surface area contributed by atoms with E-state index in [4.69, 9.17) is 9.47 Å². The van der Waals surface area contributed by atoms with E-state index in [1.54, 1.807) is 0 Å². The van der Waals surface area contributed by atoms with Gasteiger partial charge >= 0.3 is 11.9 Å². The summed E-state index contributed by atoms with van der Waals surface area (Å²) < 4.78 is 20.9. The first-order chi connectivity index (χ1) is 32.4. The summed E-state index contributed by atoms with van der Waals surface area (Å²) in [6.45, 7) is 14.8. The summed E-state index contributed by atoms with van der Waals surface area (Å²) in [5.41, 5.74) is 27.0. The standard InChI is InChI=1S/C59H52N4O4/c1-32-25-34(3)52(35(4)26-32)56-46-19-17-44-54(38-9-13-40(14-10-38)58(64)66-7)45-18-20-47-57(53-36(5)27-33(2)28-37(53)6)51-24-22-49-55(39-11-15-41(16-12-39)59(65)67-8)48-21-23-50(56)62(48)42(30-60(44)46)29-43(63(49)51)31-61(45)47/h9-28,42-43H,29-31H2,1-8H3/q+2. The molecule has 8 heterocycles. The van der Waals surface area contributed by atoms with Crippen LogP contribution in [-0.4, -0.2) is 35.3 Å². The highest BCUT2D eigenvalue weighted by molar-refractivity contribution is 6.01. The molecule has 7 aromatic rings. The SMILES string of the molecule is COC(=O)c1ccc(-c2c3[n+]4c(c(-c5c(C)cc(C)cc5C)c5ccc6c(-c7ccc(C(=O)OC)cc7)c7[n+]8c(c(-c9c(C)cc(C)cc9C)c9ccc2n9CC8CC(C4)n56)C=C7)C=C3)cc1. The van der Waals surface area contributed by atoms with E-state index < -0.39 is 0 Å². The molecule has 12 rings (SSSR count). The third-order valence-corrected chi connectivity index (χ3v) is 15.0. The number of aromatic nitrogens is 4. The van der Waals surface area contributed by atoms with Crippen molar-refractivity contribution < 1.29 is 28.2 Å². The van der Waals surface area contributed by atoms with Crippen LogP contribution in [0.25, 0.3) is 90.9 Å². The van der Waals surface area contributed by atoms with Crippen molar-refractivity contribution in [3.63, 3.8) is 0 Å². The van der Waals surface area contributed by atoms with Gasteiger partial charge in [0.1, 0.15) is 0 Å². The number of methoxy groups -OCH3 is 2. The third-order valence-electron chi connectivity index (χ3n) is 15.0. The van der Waals surface area contributed by atoms with Crippen molar-refractivity contribution >= 4 is 58.3 Å². The molecule has 0 radical (unpaired) electrons. The smallest absolute Gasteiger partial charge is 0.337 e. The van der Waals surface area contributed by atoms with Crippen LogP contribution in [0.2, 0.25) is 0 Å². The van der Waals surface area contributed by atoms with Gasteiger partial charge in [-0.2, -0.15) is 9.13 Å². The van der Waals surface area contributed by atoms with Gasteiger partial charge in [0.2, 0.25) is 22.8 Å². The second-order valence-electron chi connectivity index (χ2n) is 19.1. The number of benzene rings is 4. The summed E-state index contributed by atoms with van der Waals surface area (Å²) in [4.78, 5) is 25.7. The fraction of sp³-hybridized carbons (Fsp3) is 0.220. The summed E-state index contributed by atoms with van der Waals surface area (Å²) in [5.74, 6) is -0.706. The Morgan fingerprint density at radius 1 is 0.507 bits per heavy atom. The average Bonchev–Trinajstić information content (AvgIpc) is 4.09. The fourth-order valence-electron chi connectivity index (χ4n) is 12.5.